The van der Waals surface area contributed by atoms with Gasteiger partial charge in [-0.3, -0.25) is 14.5 Å². The fraction of sp³-hybridized carbons (Fsp3) is 0.353. The van der Waals surface area contributed by atoms with E-state index in [0.717, 1.165) is 9.35 Å². The van der Waals surface area contributed by atoms with E-state index in [-0.39, 0.29) is 0 Å². The molecule has 0 atom stereocenters. The summed E-state index contributed by atoms with van der Waals surface area (Å²) in [5, 5.41) is 0.441. The lowest BCUT2D eigenvalue weighted by atomic mass is 10.2. The maximum Gasteiger partial charge on any atom is 0.242 e. The summed E-state index contributed by atoms with van der Waals surface area (Å²) in [6, 6.07) is 5.54. The van der Waals surface area contributed by atoms with Crippen LogP contribution in [-0.2, 0) is 9.59 Å². The van der Waals surface area contributed by atoms with Gasteiger partial charge < -0.3 is 10.5 Å². The first-order chi connectivity index (χ1) is 11.8. The van der Waals surface area contributed by atoms with Crippen molar-refractivity contribution in [3.63, 3.8) is 0 Å². The first kappa shape index (κ1) is 19.4. The lowest BCUT2D eigenvalue weighted by Crippen LogP contribution is -2.30. The highest BCUT2D eigenvalue weighted by Crippen LogP contribution is 2.38. The van der Waals surface area contributed by atoms with Crippen LogP contribution in [-0.4, -0.2) is 23.4 Å². The van der Waals surface area contributed by atoms with Gasteiger partial charge in [-0.15, -0.1) is 0 Å². The van der Waals surface area contributed by atoms with E-state index in [0.29, 0.717) is 29.1 Å². The fourth-order valence-electron chi connectivity index (χ4n) is 2.10. The molecule has 0 saturated heterocycles. The minimum atomic E-state index is -0.692. The number of aromatic nitrogens is 1. The summed E-state index contributed by atoms with van der Waals surface area (Å²) >= 11 is 4.63. The Balaban J connectivity index is 2.49. The number of anilines is 2. The second-order valence-electron chi connectivity index (χ2n) is 6.00. The molecule has 0 radical (unpaired) electrons. The van der Waals surface area contributed by atoms with Crippen LogP contribution in [0.15, 0.2) is 28.2 Å². The van der Waals surface area contributed by atoms with E-state index in [1.807, 2.05) is 32.9 Å². The van der Waals surface area contributed by atoms with Crippen LogP contribution in [0.5, 0.6) is 5.75 Å². The zero-order chi connectivity index (χ0) is 18.6. The molecule has 0 spiro atoms. The van der Waals surface area contributed by atoms with Crippen molar-refractivity contribution in [2.45, 2.75) is 27.2 Å². The summed E-state index contributed by atoms with van der Waals surface area (Å²) in [6.45, 7) is 6.55. The number of halogens is 1. The van der Waals surface area contributed by atoms with Crippen molar-refractivity contribution in [1.29, 1.82) is 0 Å². The van der Waals surface area contributed by atoms with Crippen LogP contribution in [0.25, 0.3) is 0 Å². The normalized spacial score (nSPS) is 10.8. The van der Waals surface area contributed by atoms with Gasteiger partial charge in [-0.2, -0.15) is 0 Å². The second kappa shape index (κ2) is 8.44. The second-order valence-corrected chi connectivity index (χ2v) is 8.38. The molecule has 0 saturated carbocycles. The van der Waals surface area contributed by atoms with Crippen molar-refractivity contribution in [1.82, 2.24) is 4.98 Å². The maximum atomic E-state index is 12.7. The smallest absolute Gasteiger partial charge is 0.242 e. The molecule has 1 aromatic heterocycles. The predicted molar refractivity (Wildman–Crippen MR) is 102 cm³/mol. The molecule has 2 rings (SSSR count). The number of nitrogens with zero attached hydrogens (tertiary/aromatic N) is 2. The highest BCUT2D eigenvalue weighted by Gasteiger charge is 2.25. The van der Waals surface area contributed by atoms with Crippen molar-refractivity contribution in [2.75, 3.05) is 11.5 Å². The summed E-state index contributed by atoms with van der Waals surface area (Å²) in [5.41, 5.74) is 6.75. The highest BCUT2D eigenvalue weighted by molar-refractivity contribution is 9.11. The first-order valence-electron chi connectivity index (χ1n) is 7.74. The van der Waals surface area contributed by atoms with Crippen LogP contribution in [0.2, 0.25) is 0 Å². The van der Waals surface area contributed by atoms with Gasteiger partial charge in [0.05, 0.1) is 22.3 Å². The number of hydrogen-bond acceptors (Lipinski definition) is 5. The molecule has 2 amide bonds. The monoisotopic (exact) mass is 425 g/mol. The Hall–Kier alpha value is -1.93. The number of carbonyl (C=O) groups excluding carboxylic acids is 2. The Morgan fingerprint density at radius 2 is 2.12 bits per heavy atom. The highest BCUT2D eigenvalue weighted by atomic mass is 79.9. The standard InChI is InChI=1S/C17H20BrN3O3S/c1-10(2)9-24-13-6-11(3)4-5-12(13)21(16(23)7-15(19)22)17-20-8-14(18)25-17/h4-6,8,10H,7,9H2,1-3H3,(H2,19,22). The van der Waals surface area contributed by atoms with Gasteiger partial charge in [-0.1, -0.05) is 31.3 Å². The Kier molecular flexibility index (Phi) is 6.55. The van der Waals surface area contributed by atoms with Crippen LogP contribution in [0.3, 0.4) is 0 Å². The molecule has 134 valence electrons. The molecular weight excluding hydrogens is 406 g/mol. The van der Waals surface area contributed by atoms with E-state index in [9.17, 15) is 9.59 Å². The predicted octanol–water partition coefficient (Wildman–Crippen LogP) is 3.79. The molecule has 1 heterocycles. The number of amides is 2. The van der Waals surface area contributed by atoms with Gasteiger partial charge in [0.1, 0.15) is 12.2 Å². The average molecular weight is 426 g/mol. The van der Waals surface area contributed by atoms with Crippen LogP contribution >= 0.6 is 27.3 Å². The van der Waals surface area contributed by atoms with E-state index in [4.69, 9.17) is 10.5 Å². The molecule has 6 nitrogen and oxygen atoms in total. The number of ether oxygens (including phenoxy) is 1. The zero-order valence-electron chi connectivity index (χ0n) is 14.3. The van der Waals surface area contributed by atoms with Crippen molar-refractivity contribution in [2.24, 2.45) is 11.7 Å². The van der Waals surface area contributed by atoms with Crippen molar-refractivity contribution in [3.05, 3.63) is 33.7 Å². The van der Waals surface area contributed by atoms with Crippen molar-refractivity contribution in [3.8, 4) is 5.75 Å². The Morgan fingerprint density at radius 1 is 1.40 bits per heavy atom. The summed E-state index contributed by atoms with van der Waals surface area (Å²) in [7, 11) is 0. The molecule has 0 fully saturated rings. The number of aryl methyl sites for hydroxylation is 1. The largest absolute Gasteiger partial charge is 0.491 e. The third-order valence-electron chi connectivity index (χ3n) is 3.16. The molecule has 0 unspecified atom stereocenters. The SMILES string of the molecule is Cc1ccc(N(C(=O)CC(N)=O)c2ncc(Br)s2)c(OCC(C)C)c1. The number of carbonyl (C=O) groups is 2. The molecule has 2 aromatic rings. The van der Waals surface area contributed by atoms with Gasteiger partial charge >= 0.3 is 0 Å². The van der Waals surface area contributed by atoms with E-state index in [1.54, 1.807) is 12.3 Å². The molecule has 0 aliphatic heterocycles. The summed E-state index contributed by atoms with van der Waals surface area (Å²) in [6.07, 6.45) is 1.20. The third kappa shape index (κ3) is 5.27. The summed E-state index contributed by atoms with van der Waals surface area (Å²) in [4.78, 5) is 29.5. The van der Waals surface area contributed by atoms with Gasteiger partial charge in [-0.25, -0.2) is 4.98 Å². The number of benzene rings is 1. The van der Waals surface area contributed by atoms with E-state index in [1.165, 1.54) is 16.2 Å². The van der Waals surface area contributed by atoms with E-state index in [2.05, 4.69) is 20.9 Å². The van der Waals surface area contributed by atoms with Gasteiger partial charge in [0.2, 0.25) is 11.8 Å². The maximum absolute atomic E-state index is 12.7. The molecule has 0 aliphatic rings. The molecule has 8 heteroatoms. The zero-order valence-corrected chi connectivity index (χ0v) is 16.7. The molecule has 25 heavy (non-hydrogen) atoms. The number of nitrogens with two attached hydrogens (primary N) is 1. The Morgan fingerprint density at radius 3 is 2.68 bits per heavy atom. The van der Waals surface area contributed by atoms with Crippen molar-refractivity contribution < 1.29 is 14.3 Å². The van der Waals surface area contributed by atoms with Crippen LogP contribution in [0.4, 0.5) is 10.8 Å². The van der Waals surface area contributed by atoms with Crippen LogP contribution in [0.1, 0.15) is 25.8 Å². The summed E-state index contributed by atoms with van der Waals surface area (Å²) in [5.74, 6) is -0.245. The van der Waals surface area contributed by atoms with Gasteiger partial charge in [0.25, 0.3) is 0 Å². The average Bonchev–Trinajstić information content (AvgIpc) is 2.92. The first-order valence-corrected chi connectivity index (χ1v) is 9.35. The Labute approximate surface area is 159 Å². The third-order valence-corrected chi connectivity index (χ3v) is 4.62. The van der Waals surface area contributed by atoms with E-state index < -0.39 is 18.2 Å². The van der Waals surface area contributed by atoms with Gasteiger partial charge in [-0.05, 0) is 46.5 Å². The lowest BCUT2D eigenvalue weighted by Gasteiger charge is -2.23. The van der Waals surface area contributed by atoms with Gasteiger partial charge in [0.15, 0.2) is 5.13 Å². The lowest BCUT2D eigenvalue weighted by molar-refractivity contribution is -0.125. The number of primary amides is 1. The number of thiazole rings is 1. The van der Waals surface area contributed by atoms with Crippen molar-refractivity contribution >= 4 is 49.9 Å². The fourth-order valence-corrected chi connectivity index (χ4v) is 3.31. The number of hydrogen-bond donors (Lipinski definition) is 1. The molecule has 0 aliphatic carbocycles. The van der Waals surface area contributed by atoms with Crippen LogP contribution in [0, 0.1) is 12.8 Å². The van der Waals surface area contributed by atoms with E-state index >= 15 is 0 Å². The molecule has 1 aromatic carbocycles. The minimum absolute atomic E-state index is 0.331. The minimum Gasteiger partial charge on any atom is -0.491 e. The molecular formula is C17H20BrN3O3S. The van der Waals surface area contributed by atoms with Gasteiger partial charge in [0, 0.05) is 0 Å². The Bertz CT molecular complexity index is 776. The summed E-state index contributed by atoms with van der Waals surface area (Å²) < 4.78 is 6.67. The molecule has 0 bridgehead atoms. The number of rotatable bonds is 7. The van der Waals surface area contributed by atoms with Crippen LogP contribution < -0.4 is 15.4 Å². The topological polar surface area (TPSA) is 85.5 Å². The quantitative estimate of drug-likeness (QED) is 0.683. The molecule has 2 N–H and O–H groups in total.